The summed E-state index contributed by atoms with van der Waals surface area (Å²) < 4.78 is 27.5. The van der Waals surface area contributed by atoms with Gasteiger partial charge in [-0.05, 0) is 80.3 Å². The molecule has 3 aromatic rings. The molecule has 0 radical (unpaired) electrons. The van der Waals surface area contributed by atoms with Crippen LogP contribution >= 0.6 is 0 Å². The topological polar surface area (TPSA) is 66.5 Å². The molecular formula is C25H28N2O3S. The fourth-order valence-electron chi connectivity index (χ4n) is 3.32. The van der Waals surface area contributed by atoms with E-state index in [1.807, 2.05) is 52.0 Å². The average Bonchev–Trinajstić information content (AvgIpc) is 2.75. The largest absolute Gasteiger partial charge is 0.346 e. The molecule has 0 spiro atoms. The zero-order valence-corrected chi connectivity index (χ0v) is 19.3. The Labute approximate surface area is 184 Å². The van der Waals surface area contributed by atoms with Gasteiger partial charge in [-0.3, -0.25) is 9.10 Å². The molecule has 3 rings (SSSR count). The van der Waals surface area contributed by atoms with Crippen molar-refractivity contribution in [3.63, 3.8) is 0 Å². The van der Waals surface area contributed by atoms with Gasteiger partial charge in [-0.2, -0.15) is 0 Å². The lowest BCUT2D eigenvalue weighted by atomic mass is 10.0. The van der Waals surface area contributed by atoms with E-state index in [1.54, 1.807) is 24.3 Å². The molecule has 0 fully saturated rings. The summed E-state index contributed by atoms with van der Waals surface area (Å²) in [6.07, 6.45) is 0. The highest BCUT2D eigenvalue weighted by molar-refractivity contribution is 7.92. The fourth-order valence-corrected chi connectivity index (χ4v) is 4.55. The lowest BCUT2D eigenvalue weighted by Gasteiger charge is -2.20. The normalized spacial score (nSPS) is 12.3. The van der Waals surface area contributed by atoms with Crippen molar-refractivity contribution < 1.29 is 13.2 Å². The quantitative estimate of drug-likeness (QED) is 0.596. The van der Waals surface area contributed by atoms with Gasteiger partial charge in [-0.1, -0.05) is 36.4 Å². The van der Waals surface area contributed by atoms with Crippen LogP contribution in [0.2, 0.25) is 0 Å². The Bertz CT molecular complexity index is 1220. The van der Waals surface area contributed by atoms with Crippen LogP contribution in [0.25, 0.3) is 0 Å². The van der Waals surface area contributed by atoms with E-state index in [2.05, 4.69) is 11.4 Å². The van der Waals surface area contributed by atoms with Gasteiger partial charge in [0.15, 0.2) is 0 Å². The van der Waals surface area contributed by atoms with E-state index in [4.69, 9.17) is 0 Å². The fraction of sp³-hybridized carbons (Fsp3) is 0.240. The van der Waals surface area contributed by atoms with Crippen molar-refractivity contribution in [3.05, 3.63) is 94.5 Å². The number of amides is 1. The first-order valence-corrected chi connectivity index (χ1v) is 11.6. The number of carbonyl (C=O) groups excluding carboxylic acids is 1. The van der Waals surface area contributed by atoms with Crippen LogP contribution in [0.15, 0.2) is 71.6 Å². The van der Waals surface area contributed by atoms with Crippen LogP contribution in [0.3, 0.4) is 0 Å². The maximum absolute atomic E-state index is 13.1. The van der Waals surface area contributed by atoms with E-state index in [0.29, 0.717) is 11.3 Å². The zero-order chi connectivity index (χ0) is 22.8. The third kappa shape index (κ3) is 4.97. The van der Waals surface area contributed by atoms with E-state index < -0.39 is 10.0 Å². The SMILES string of the molecule is Cc1cccc(N(C)S(=O)(=O)c2cccc(C(=O)NC(C)c3ccc(C)c(C)c3)c2)c1. The highest BCUT2D eigenvalue weighted by Crippen LogP contribution is 2.24. The van der Waals surface area contributed by atoms with Crippen molar-refractivity contribution >= 4 is 21.6 Å². The van der Waals surface area contributed by atoms with Crippen molar-refractivity contribution in [3.8, 4) is 0 Å². The molecule has 31 heavy (non-hydrogen) atoms. The first-order chi connectivity index (χ1) is 14.6. The van der Waals surface area contributed by atoms with Crippen LogP contribution in [0.4, 0.5) is 5.69 Å². The monoisotopic (exact) mass is 436 g/mol. The van der Waals surface area contributed by atoms with Crippen molar-refractivity contribution in [2.45, 2.75) is 38.6 Å². The molecule has 0 heterocycles. The summed E-state index contributed by atoms with van der Waals surface area (Å²) in [5, 5.41) is 2.96. The molecule has 1 unspecified atom stereocenters. The average molecular weight is 437 g/mol. The van der Waals surface area contributed by atoms with Gasteiger partial charge in [-0.25, -0.2) is 8.42 Å². The number of aryl methyl sites for hydroxylation is 3. The van der Waals surface area contributed by atoms with Gasteiger partial charge < -0.3 is 5.32 Å². The number of sulfonamides is 1. The number of anilines is 1. The predicted octanol–water partition coefficient (Wildman–Crippen LogP) is 4.93. The van der Waals surface area contributed by atoms with E-state index >= 15 is 0 Å². The first-order valence-electron chi connectivity index (χ1n) is 10.1. The Morgan fingerprint density at radius 3 is 2.29 bits per heavy atom. The highest BCUT2D eigenvalue weighted by Gasteiger charge is 2.23. The van der Waals surface area contributed by atoms with Crippen LogP contribution in [0.5, 0.6) is 0 Å². The molecule has 0 saturated heterocycles. The number of hydrogen-bond donors (Lipinski definition) is 1. The van der Waals surface area contributed by atoms with Crippen LogP contribution < -0.4 is 9.62 Å². The lowest BCUT2D eigenvalue weighted by Crippen LogP contribution is -2.28. The minimum Gasteiger partial charge on any atom is -0.346 e. The summed E-state index contributed by atoms with van der Waals surface area (Å²) in [6, 6.07) is 19.3. The number of nitrogens with one attached hydrogen (secondary N) is 1. The molecule has 1 N–H and O–H groups in total. The maximum atomic E-state index is 13.1. The van der Waals surface area contributed by atoms with Crippen molar-refractivity contribution in [2.75, 3.05) is 11.4 Å². The molecule has 5 nitrogen and oxygen atoms in total. The molecule has 0 bridgehead atoms. The molecule has 0 saturated carbocycles. The molecule has 0 aromatic heterocycles. The summed E-state index contributed by atoms with van der Waals surface area (Å²) in [7, 11) is -2.29. The number of rotatable bonds is 6. The van der Waals surface area contributed by atoms with Crippen molar-refractivity contribution in [1.29, 1.82) is 0 Å². The standard InChI is InChI=1S/C25H28N2O3S/c1-17-8-6-10-23(14-17)27(5)31(29,30)24-11-7-9-22(16-24)25(28)26-20(4)21-13-12-18(2)19(3)15-21/h6-16,20H,1-5H3,(H,26,28). The second-order valence-corrected chi connectivity index (χ2v) is 9.85. The second-order valence-electron chi connectivity index (χ2n) is 7.88. The van der Waals surface area contributed by atoms with Gasteiger partial charge in [0.1, 0.15) is 0 Å². The van der Waals surface area contributed by atoms with Crippen LogP contribution in [0.1, 0.15) is 45.6 Å². The smallest absolute Gasteiger partial charge is 0.264 e. The number of carbonyl (C=O) groups is 1. The Balaban J connectivity index is 1.83. The molecule has 1 atom stereocenters. The molecular weight excluding hydrogens is 408 g/mol. The number of hydrogen-bond acceptors (Lipinski definition) is 3. The Morgan fingerprint density at radius 2 is 1.61 bits per heavy atom. The molecule has 3 aromatic carbocycles. The predicted molar refractivity (Wildman–Crippen MR) is 125 cm³/mol. The highest BCUT2D eigenvalue weighted by atomic mass is 32.2. The molecule has 0 aliphatic carbocycles. The Morgan fingerprint density at radius 1 is 0.903 bits per heavy atom. The summed E-state index contributed by atoms with van der Waals surface area (Å²) in [5.41, 5.74) is 5.18. The van der Waals surface area contributed by atoms with Gasteiger partial charge >= 0.3 is 0 Å². The number of benzene rings is 3. The van der Waals surface area contributed by atoms with Crippen molar-refractivity contribution in [1.82, 2.24) is 5.32 Å². The van der Waals surface area contributed by atoms with E-state index in [-0.39, 0.29) is 16.8 Å². The van der Waals surface area contributed by atoms with Crippen LogP contribution in [0, 0.1) is 20.8 Å². The second kappa shape index (κ2) is 8.94. The summed E-state index contributed by atoms with van der Waals surface area (Å²) >= 11 is 0. The maximum Gasteiger partial charge on any atom is 0.264 e. The summed E-state index contributed by atoms with van der Waals surface area (Å²) in [6.45, 7) is 7.90. The third-order valence-electron chi connectivity index (χ3n) is 5.50. The van der Waals surface area contributed by atoms with E-state index in [1.165, 1.54) is 29.0 Å². The Hall–Kier alpha value is -3.12. The van der Waals surface area contributed by atoms with Crippen molar-refractivity contribution in [2.24, 2.45) is 0 Å². The van der Waals surface area contributed by atoms with Gasteiger partial charge in [0.25, 0.3) is 15.9 Å². The lowest BCUT2D eigenvalue weighted by molar-refractivity contribution is 0.0939. The third-order valence-corrected chi connectivity index (χ3v) is 7.28. The van der Waals surface area contributed by atoms with E-state index in [0.717, 1.165) is 16.7 Å². The first kappa shape index (κ1) is 22.6. The zero-order valence-electron chi connectivity index (χ0n) is 18.5. The molecule has 6 heteroatoms. The van der Waals surface area contributed by atoms with Crippen LogP contribution in [-0.2, 0) is 10.0 Å². The van der Waals surface area contributed by atoms with Crippen LogP contribution in [-0.4, -0.2) is 21.4 Å². The molecule has 1 amide bonds. The molecule has 0 aliphatic rings. The summed E-state index contributed by atoms with van der Waals surface area (Å²) in [5.74, 6) is -0.319. The number of nitrogens with zero attached hydrogens (tertiary/aromatic N) is 1. The minimum atomic E-state index is -3.80. The van der Waals surface area contributed by atoms with E-state index in [9.17, 15) is 13.2 Å². The molecule has 162 valence electrons. The van der Waals surface area contributed by atoms with Gasteiger partial charge in [-0.15, -0.1) is 0 Å². The summed E-state index contributed by atoms with van der Waals surface area (Å²) in [4.78, 5) is 12.9. The Kier molecular flexibility index (Phi) is 6.51. The van der Waals surface area contributed by atoms with Gasteiger partial charge in [0.05, 0.1) is 16.6 Å². The van der Waals surface area contributed by atoms with Gasteiger partial charge in [0, 0.05) is 12.6 Å². The van der Waals surface area contributed by atoms with Gasteiger partial charge in [0.2, 0.25) is 0 Å². The minimum absolute atomic E-state index is 0.0722. The molecule has 0 aliphatic heterocycles.